The zero-order valence-corrected chi connectivity index (χ0v) is 14.0. The molecule has 1 aliphatic rings. The first-order chi connectivity index (χ1) is 11.2. The van der Waals surface area contributed by atoms with Crippen molar-refractivity contribution < 1.29 is 4.79 Å². The van der Waals surface area contributed by atoms with Crippen LogP contribution in [-0.2, 0) is 4.79 Å². The van der Waals surface area contributed by atoms with Crippen LogP contribution >= 0.6 is 22.7 Å². The molecule has 1 amide bonds. The minimum absolute atomic E-state index is 0.0550. The van der Waals surface area contributed by atoms with E-state index in [1.807, 2.05) is 18.4 Å². The molecule has 1 atom stereocenters. The quantitative estimate of drug-likeness (QED) is 0.784. The Bertz CT molecular complexity index is 860. The van der Waals surface area contributed by atoms with Gasteiger partial charge in [0.05, 0.1) is 5.39 Å². The van der Waals surface area contributed by atoms with Crippen LogP contribution in [-0.4, -0.2) is 38.7 Å². The van der Waals surface area contributed by atoms with Crippen LogP contribution in [0.3, 0.4) is 0 Å². The van der Waals surface area contributed by atoms with Crippen molar-refractivity contribution in [3.8, 4) is 0 Å². The SMILES string of the molecule is Cc1nnc(NC(=O)C2CCCN2c2ncnc3sccc23)s1. The van der Waals surface area contributed by atoms with Crippen LogP contribution in [0.25, 0.3) is 10.2 Å². The molecule has 1 saturated heterocycles. The number of anilines is 2. The number of carbonyl (C=O) groups excluding carboxylic acids is 1. The molecule has 0 bridgehead atoms. The Hall–Kier alpha value is -2.13. The standard InChI is InChI=1S/C14H14N6OS2/c1-8-18-19-14(23-8)17-12(21)10-3-2-5-20(10)11-9-4-6-22-13(9)16-7-15-11/h4,6-7,10H,2-3,5H2,1H3,(H,17,19,21). The highest BCUT2D eigenvalue weighted by Crippen LogP contribution is 2.32. The highest BCUT2D eigenvalue weighted by Gasteiger charge is 2.33. The number of aryl methyl sites for hydroxylation is 1. The van der Waals surface area contributed by atoms with Crippen molar-refractivity contribution in [3.05, 3.63) is 22.8 Å². The van der Waals surface area contributed by atoms with Crippen LogP contribution in [0.15, 0.2) is 17.8 Å². The monoisotopic (exact) mass is 346 g/mol. The number of carbonyl (C=O) groups is 1. The number of thiophene rings is 1. The molecule has 3 aromatic rings. The molecule has 0 aliphatic carbocycles. The molecule has 4 heterocycles. The third-order valence-corrected chi connectivity index (χ3v) is 5.40. The van der Waals surface area contributed by atoms with Crippen molar-refractivity contribution in [3.63, 3.8) is 0 Å². The van der Waals surface area contributed by atoms with Crippen LogP contribution in [0, 0.1) is 6.92 Å². The molecule has 0 aromatic carbocycles. The van der Waals surface area contributed by atoms with E-state index in [4.69, 9.17) is 0 Å². The summed E-state index contributed by atoms with van der Waals surface area (Å²) < 4.78 is 0. The summed E-state index contributed by atoms with van der Waals surface area (Å²) in [4.78, 5) is 24.3. The molecule has 0 spiro atoms. The number of hydrogen-bond acceptors (Lipinski definition) is 8. The van der Waals surface area contributed by atoms with E-state index in [0.717, 1.165) is 40.4 Å². The third kappa shape index (κ3) is 2.66. The Morgan fingerprint density at radius 2 is 2.30 bits per heavy atom. The van der Waals surface area contributed by atoms with Gasteiger partial charge < -0.3 is 4.90 Å². The normalized spacial score (nSPS) is 17.8. The summed E-state index contributed by atoms with van der Waals surface area (Å²) in [6.45, 7) is 2.68. The van der Waals surface area contributed by atoms with Gasteiger partial charge in [-0.05, 0) is 31.2 Å². The average molecular weight is 346 g/mol. The van der Waals surface area contributed by atoms with E-state index in [-0.39, 0.29) is 11.9 Å². The fourth-order valence-corrected chi connectivity index (χ4v) is 4.16. The molecule has 0 saturated carbocycles. The van der Waals surface area contributed by atoms with Gasteiger partial charge in [-0.2, -0.15) is 0 Å². The molecule has 23 heavy (non-hydrogen) atoms. The molecular formula is C14H14N6OS2. The van der Waals surface area contributed by atoms with Crippen molar-refractivity contribution in [2.75, 3.05) is 16.8 Å². The topological polar surface area (TPSA) is 83.9 Å². The maximum Gasteiger partial charge on any atom is 0.248 e. The van der Waals surface area contributed by atoms with Gasteiger partial charge in [-0.1, -0.05) is 11.3 Å². The Labute approximate surface area is 140 Å². The van der Waals surface area contributed by atoms with E-state index in [1.165, 1.54) is 11.3 Å². The molecule has 3 aromatic heterocycles. The lowest BCUT2D eigenvalue weighted by Crippen LogP contribution is -2.40. The second kappa shape index (κ2) is 5.82. The molecule has 1 N–H and O–H groups in total. The van der Waals surface area contributed by atoms with E-state index < -0.39 is 0 Å². The predicted octanol–water partition coefficient (Wildman–Crippen LogP) is 2.46. The van der Waals surface area contributed by atoms with Crippen molar-refractivity contribution in [2.24, 2.45) is 0 Å². The van der Waals surface area contributed by atoms with E-state index in [2.05, 4.69) is 30.4 Å². The zero-order chi connectivity index (χ0) is 15.8. The summed E-state index contributed by atoms with van der Waals surface area (Å²) in [7, 11) is 0. The number of aromatic nitrogens is 4. The summed E-state index contributed by atoms with van der Waals surface area (Å²) in [5.41, 5.74) is 0. The molecule has 118 valence electrons. The van der Waals surface area contributed by atoms with Gasteiger partial charge in [-0.25, -0.2) is 9.97 Å². The average Bonchev–Trinajstić information content (AvgIpc) is 3.26. The molecule has 1 aliphatic heterocycles. The number of nitrogens with zero attached hydrogens (tertiary/aromatic N) is 5. The summed E-state index contributed by atoms with van der Waals surface area (Å²) in [6, 6.07) is 1.77. The molecule has 1 unspecified atom stereocenters. The molecule has 9 heteroatoms. The summed E-state index contributed by atoms with van der Waals surface area (Å²) >= 11 is 2.96. The van der Waals surface area contributed by atoms with Gasteiger partial charge in [0.1, 0.15) is 28.0 Å². The molecule has 1 fully saturated rings. The van der Waals surface area contributed by atoms with Crippen molar-refractivity contribution in [1.82, 2.24) is 20.2 Å². The smallest absolute Gasteiger partial charge is 0.248 e. The first kappa shape index (κ1) is 14.5. The van der Waals surface area contributed by atoms with Crippen molar-refractivity contribution in [1.29, 1.82) is 0 Å². The molecule has 4 rings (SSSR count). The largest absolute Gasteiger partial charge is 0.344 e. The minimum atomic E-state index is -0.239. The van der Waals surface area contributed by atoms with Crippen LogP contribution in [0.4, 0.5) is 10.9 Å². The maximum atomic E-state index is 12.6. The van der Waals surface area contributed by atoms with Gasteiger partial charge in [-0.3, -0.25) is 10.1 Å². The highest BCUT2D eigenvalue weighted by molar-refractivity contribution is 7.16. The maximum absolute atomic E-state index is 12.6. The lowest BCUT2D eigenvalue weighted by molar-refractivity contribution is -0.117. The lowest BCUT2D eigenvalue weighted by atomic mass is 10.2. The van der Waals surface area contributed by atoms with E-state index in [1.54, 1.807) is 17.7 Å². The van der Waals surface area contributed by atoms with Crippen LogP contribution in [0.5, 0.6) is 0 Å². The van der Waals surface area contributed by atoms with Crippen molar-refractivity contribution in [2.45, 2.75) is 25.8 Å². The number of rotatable bonds is 3. The first-order valence-electron chi connectivity index (χ1n) is 7.28. The van der Waals surface area contributed by atoms with E-state index in [0.29, 0.717) is 5.13 Å². The van der Waals surface area contributed by atoms with Gasteiger partial charge in [0.15, 0.2) is 0 Å². The van der Waals surface area contributed by atoms with Gasteiger partial charge in [0.25, 0.3) is 0 Å². The van der Waals surface area contributed by atoms with E-state index >= 15 is 0 Å². The van der Waals surface area contributed by atoms with Crippen LogP contribution < -0.4 is 10.2 Å². The molecule has 0 radical (unpaired) electrons. The fraction of sp³-hybridized carbons (Fsp3) is 0.357. The Morgan fingerprint density at radius 3 is 3.13 bits per heavy atom. The number of hydrogen-bond donors (Lipinski definition) is 1. The van der Waals surface area contributed by atoms with Gasteiger partial charge in [0, 0.05) is 6.54 Å². The zero-order valence-electron chi connectivity index (χ0n) is 12.4. The first-order valence-corrected chi connectivity index (χ1v) is 8.98. The van der Waals surface area contributed by atoms with Gasteiger partial charge in [0.2, 0.25) is 11.0 Å². The Morgan fingerprint density at radius 1 is 1.39 bits per heavy atom. The second-order valence-corrected chi connectivity index (χ2v) is 7.38. The van der Waals surface area contributed by atoms with E-state index in [9.17, 15) is 4.79 Å². The molecular weight excluding hydrogens is 332 g/mol. The molecule has 7 nitrogen and oxygen atoms in total. The van der Waals surface area contributed by atoms with Crippen molar-refractivity contribution >= 4 is 49.7 Å². The van der Waals surface area contributed by atoms with Gasteiger partial charge in [-0.15, -0.1) is 21.5 Å². The number of amides is 1. The Kier molecular flexibility index (Phi) is 3.66. The summed E-state index contributed by atoms with van der Waals surface area (Å²) in [5, 5.41) is 15.1. The summed E-state index contributed by atoms with van der Waals surface area (Å²) in [6.07, 6.45) is 3.33. The number of nitrogens with one attached hydrogen (secondary N) is 1. The van der Waals surface area contributed by atoms with Gasteiger partial charge >= 0.3 is 0 Å². The second-order valence-electron chi connectivity index (χ2n) is 5.30. The highest BCUT2D eigenvalue weighted by atomic mass is 32.1. The van der Waals surface area contributed by atoms with Crippen LogP contribution in [0.2, 0.25) is 0 Å². The Balaban J connectivity index is 1.61. The number of fused-ring (bicyclic) bond motifs is 1. The van der Waals surface area contributed by atoms with Crippen LogP contribution in [0.1, 0.15) is 17.8 Å². The predicted molar refractivity (Wildman–Crippen MR) is 91.1 cm³/mol. The minimum Gasteiger partial charge on any atom is -0.344 e. The summed E-state index contributed by atoms with van der Waals surface area (Å²) in [5.74, 6) is 0.781. The fourth-order valence-electron chi connectivity index (χ4n) is 2.83. The third-order valence-electron chi connectivity index (χ3n) is 3.82. The lowest BCUT2D eigenvalue weighted by Gasteiger charge is -2.24.